The molecule has 1 aromatic carbocycles. The number of nitrogens with one attached hydrogen (secondary N) is 1. The van der Waals surface area contributed by atoms with E-state index in [1.807, 2.05) is 30.6 Å². The highest BCUT2D eigenvalue weighted by atomic mass is 35.5. The van der Waals surface area contributed by atoms with E-state index in [0.29, 0.717) is 0 Å². The van der Waals surface area contributed by atoms with Crippen LogP contribution in [0.3, 0.4) is 0 Å². The van der Waals surface area contributed by atoms with Gasteiger partial charge in [-0.2, -0.15) is 5.10 Å². The number of aromatic nitrogens is 2. The summed E-state index contributed by atoms with van der Waals surface area (Å²) in [7, 11) is 0. The number of H-pyrrole nitrogens is 1. The molecule has 3 heteroatoms. The van der Waals surface area contributed by atoms with E-state index in [2.05, 4.69) is 22.3 Å². The van der Waals surface area contributed by atoms with Gasteiger partial charge in [-0.3, -0.25) is 5.10 Å². The third kappa shape index (κ3) is 1.66. The molecule has 0 radical (unpaired) electrons. The minimum atomic E-state index is 0. The molecular formula is C9H9ClN2. The number of rotatable bonds is 1. The summed E-state index contributed by atoms with van der Waals surface area (Å²) in [5.74, 6) is 0. The van der Waals surface area contributed by atoms with Crippen molar-refractivity contribution < 1.29 is 0 Å². The van der Waals surface area contributed by atoms with Crippen molar-refractivity contribution >= 4 is 12.4 Å². The Morgan fingerprint density at radius 1 is 1.00 bits per heavy atom. The van der Waals surface area contributed by atoms with Gasteiger partial charge in [0.15, 0.2) is 0 Å². The summed E-state index contributed by atoms with van der Waals surface area (Å²) in [6.45, 7) is 0. The second-order valence-electron chi connectivity index (χ2n) is 2.35. The van der Waals surface area contributed by atoms with E-state index < -0.39 is 0 Å². The van der Waals surface area contributed by atoms with E-state index in [0.717, 1.165) is 5.56 Å². The van der Waals surface area contributed by atoms with Gasteiger partial charge in [-0.15, -0.1) is 12.4 Å². The summed E-state index contributed by atoms with van der Waals surface area (Å²) >= 11 is 0. The maximum Gasteiger partial charge on any atom is 0.0565 e. The topological polar surface area (TPSA) is 28.7 Å². The highest BCUT2D eigenvalue weighted by Gasteiger charge is 1.94. The number of halogens is 1. The molecule has 0 bridgehead atoms. The van der Waals surface area contributed by atoms with Crippen LogP contribution in [0.25, 0.3) is 11.1 Å². The van der Waals surface area contributed by atoms with Crippen LogP contribution in [-0.2, 0) is 0 Å². The molecule has 0 fully saturated rings. The predicted molar refractivity (Wildman–Crippen MR) is 51.3 cm³/mol. The van der Waals surface area contributed by atoms with Gasteiger partial charge in [0.25, 0.3) is 0 Å². The number of hydrogen-bond acceptors (Lipinski definition) is 1. The monoisotopic (exact) mass is 180 g/mol. The van der Waals surface area contributed by atoms with Gasteiger partial charge < -0.3 is 0 Å². The molecule has 0 aliphatic carbocycles. The molecule has 2 rings (SSSR count). The Hall–Kier alpha value is -1.28. The smallest absolute Gasteiger partial charge is 0.0565 e. The van der Waals surface area contributed by atoms with Gasteiger partial charge >= 0.3 is 0 Å². The molecule has 1 aromatic heterocycles. The molecule has 2 nitrogen and oxygen atoms in total. The molecule has 0 spiro atoms. The number of aromatic amines is 1. The molecule has 0 amide bonds. The Labute approximate surface area is 77.0 Å². The van der Waals surface area contributed by atoms with Crippen LogP contribution < -0.4 is 0 Å². The van der Waals surface area contributed by atoms with E-state index in [4.69, 9.17) is 0 Å². The van der Waals surface area contributed by atoms with Gasteiger partial charge in [-0.05, 0) is 5.56 Å². The molecule has 0 saturated heterocycles. The van der Waals surface area contributed by atoms with Crippen LogP contribution in [-0.4, -0.2) is 10.2 Å². The van der Waals surface area contributed by atoms with Crippen molar-refractivity contribution in [1.29, 1.82) is 0 Å². The summed E-state index contributed by atoms with van der Waals surface area (Å²) < 4.78 is 0. The van der Waals surface area contributed by atoms with Crippen LogP contribution in [0.15, 0.2) is 42.7 Å². The van der Waals surface area contributed by atoms with Crippen LogP contribution in [0, 0.1) is 0 Å². The maximum atomic E-state index is 3.87. The summed E-state index contributed by atoms with van der Waals surface area (Å²) in [6.07, 6.45) is 3.70. The molecule has 0 saturated carbocycles. The Balaban J connectivity index is 0.000000720. The third-order valence-corrected chi connectivity index (χ3v) is 1.61. The summed E-state index contributed by atoms with van der Waals surface area (Å²) in [5, 5.41) is 6.65. The van der Waals surface area contributed by atoms with Crippen molar-refractivity contribution in [3.05, 3.63) is 42.7 Å². The second kappa shape index (κ2) is 3.93. The first-order chi connectivity index (χ1) is 5.47. The van der Waals surface area contributed by atoms with Crippen molar-refractivity contribution in [3.63, 3.8) is 0 Å². The fourth-order valence-electron chi connectivity index (χ4n) is 1.04. The highest BCUT2D eigenvalue weighted by molar-refractivity contribution is 5.85. The van der Waals surface area contributed by atoms with E-state index in [9.17, 15) is 0 Å². The Morgan fingerprint density at radius 2 is 1.75 bits per heavy atom. The molecule has 62 valence electrons. The van der Waals surface area contributed by atoms with Gasteiger partial charge in [0.1, 0.15) is 0 Å². The second-order valence-corrected chi connectivity index (χ2v) is 2.35. The fraction of sp³-hybridized carbons (Fsp3) is 0. The van der Waals surface area contributed by atoms with Crippen LogP contribution in [0.1, 0.15) is 0 Å². The van der Waals surface area contributed by atoms with Crippen LogP contribution in [0.5, 0.6) is 0 Å². The van der Waals surface area contributed by atoms with Gasteiger partial charge in [0.05, 0.1) is 6.20 Å². The lowest BCUT2D eigenvalue weighted by molar-refractivity contribution is 1.09. The lowest BCUT2D eigenvalue weighted by atomic mass is 10.1. The first-order valence-corrected chi connectivity index (χ1v) is 3.51. The van der Waals surface area contributed by atoms with Crippen molar-refractivity contribution in [2.75, 3.05) is 0 Å². The van der Waals surface area contributed by atoms with Crippen LogP contribution in [0.2, 0.25) is 0 Å². The molecule has 1 N–H and O–H groups in total. The molecule has 1 heterocycles. The zero-order valence-electron chi connectivity index (χ0n) is 6.40. The molecule has 0 aliphatic rings. The lowest BCUT2D eigenvalue weighted by Crippen LogP contribution is -1.69. The van der Waals surface area contributed by atoms with Gasteiger partial charge in [0.2, 0.25) is 0 Å². The fourth-order valence-corrected chi connectivity index (χ4v) is 1.04. The molecule has 0 atom stereocenters. The van der Waals surface area contributed by atoms with E-state index in [-0.39, 0.29) is 12.4 Å². The standard InChI is InChI=1S/C9H8N2.ClH/c1-2-4-8(5-3-1)9-6-10-11-7-9;/h1-7H,(H,10,11);1H. The van der Waals surface area contributed by atoms with Crippen molar-refractivity contribution in [2.24, 2.45) is 0 Å². The molecule has 2 aromatic rings. The molecule has 12 heavy (non-hydrogen) atoms. The van der Waals surface area contributed by atoms with Crippen molar-refractivity contribution in [3.8, 4) is 11.1 Å². The number of benzene rings is 1. The first kappa shape index (κ1) is 8.81. The van der Waals surface area contributed by atoms with E-state index in [1.165, 1.54) is 5.56 Å². The molecule has 0 aliphatic heterocycles. The lowest BCUT2D eigenvalue weighted by Gasteiger charge is -1.92. The largest absolute Gasteiger partial charge is 0.285 e. The predicted octanol–water partition coefficient (Wildman–Crippen LogP) is 2.50. The SMILES string of the molecule is Cl.c1ccc(-c2cn[nH]c2)cc1. The Kier molecular flexibility index (Phi) is 2.88. The molecule has 0 unspecified atom stereocenters. The molecular weight excluding hydrogens is 172 g/mol. The van der Waals surface area contributed by atoms with Crippen LogP contribution >= 0.6 is 12.4 Å². The van der Waals surface area contributed by atoms with Crippen molar-refractivity contribution in [1.82, 2.24) is 10.2 Å². The summed E-state index contributed by atoms with van der Waals surface area (Å²) in [5.41, 5.74) is 2.33. The minimum absolute atomic E-state index is 0. The van der Waals surface area contributed by atoms with Gasteiger partial charge in [-0.1, -0.05) is 30.3 Å². The van der Waals surface area contributed by atoms with Crippen molar-refractivity contribution in [2.45, 2.75) is 0 Å². The normalized spacial score (nSPS) is 9.00. The minimum Gasteiger partial charge on any atom is -0.285 e. The number of hydrogen-bond donors (Lipinski definition) is 1. The van der Waals surface area contributed by atoms with Crippen LogP contribution in [0.4, 0.5) is 0 Å². The Morgan fingerprint density at radius 3 is 2.33 bits per heavy atom. The quantitative estimate of drug-likeness (QED) is 0.718. The first-order valence-electron chi connectivity index (χ1n) is 3.51. The highest BCUT2D eigenvalue weighted by Crippen LogP contribution is 2.15. The zero-order valence-corrected chi connectivity index (χ0v) is 7.21. The summed E-state index contributed by atoms with van der Waals surface area (Å²) in [4.78, 5) is 0. The Bertz CT molecular complexity index is 316. The number of nitrogens with zero attached hydrogens (tertiary/aromatic N) is 1. The summed E-state index contributed by atoms with van der Waals surface area (Å²) in [6, 6.07) is 10.2. The zero-order chi connectivity index (χ0) is 7.52. The van der Waals surface area contributed by atoms with E-state index >= 15 is 0 Å². The average Bonchev–Trinajstić information content (AvgIpc) is 2.58. The average molecular weight is 181 g/mol. The third-order valence-electron chi connectivity index (χ3n) is 1.61. The maximum absolute atomic E-state index is 3.87. The van der Waals surface area contributed by atoms with Gasteiger partial charge in [-0.25, -0.2) is 0 Å². The van der Waals surface area contributed by atoms with E-state index in [1.54, 1.807) is 0 Å². The van der Waals surface area contributed by atoms with Gasteiger partial charge in [0, 0.05) is 11.8 Å².